The third-order valence-corrected chi connectivity index (χ3v) is 15.5. The molecule has 0 radical (unpaired) electrons. The predicted molar refractivity (Wildman–Crippen MR) is 332 cm³/mol. The van der Waals surface area contributed by atoms with Gasteiger partial charge in [-0.1, -0.05) is 275 Å². The van der Waals surface area contributed by atoms with Gasteiger partial charge in [0.15, 0.2) is 0 Å². The largest absolute Gasteiger partial charge is 0.472 e. The lowest BCUT2D eigenvalue weighted by Crippen LogP contribution is -2.47. The van der Waals surface area contributed by atoms with Gasteiger partial charge in [0.25, 0.3) is 0 Å². The van der Waals surface area contributed by atoms with Crippen LogP contribution in [-0.4, -0.2) is 74.3 Å². The first-order chi connectivity index (χ1) is 37.4. The van der Waals surface area contributed by atoms with Crippen molar-refractivity contribution in [3.05, 3.63) is 60.8 Å². The summed E-state index contributed by atoms with van der Waals surface area (Å²) in [5.41, 5.74) is 0. The van der Waals surface area contributed by atoms with Crippen LogP contribution in [0, 0.1) is 0 Å². The van der Waals surface area contributed by atoms with Gasteiger partial charge in [-0.25, -0.2) is 4.57 Å². The Hall–Kier alpha value is -2.29. The molecule has 0 saturated heterocycles. The Morgan fingerprint density at radius 1 is 0.468 bits per heavy atom. The van der Waals surface area contributed by atoms with E-state index in [2.05, 4.69) is 74.7 Å². The highest BCUT2D eigenvalue weighted by Crippen LogP contribution is 2.43. The molecular weight excluding hydrogens is 976 g/mol. The molecule has 0 bridgehead atoms. The monoisotopic (exact) mass is 1100 g/mol. The van der Waals surface area contributed by atoms with Crippen molar-refractivity contribution in [3.63, 3.8) is 0 Å². The number of esters is 1. The van der Waals surface area contributed by atoms with Gasteiger partial charge in [-0.15, -0.1) is 0 Å². The third-order valence-electron chi connectivity index (χ3n) is 14.5. The first-order valence-electron chi connectivity index (χ1n) is 32.6. The van der Waals surface area contributed by atoms with Crippen molar-refractivity contribution >= 4 is 19.7 Å². The molecule has 10 heteroatoms. The fourth-order valence-corrected chi connectivity index (χ4v) is 10.2. The van der Waals surface area contributed by atoms with Gasteiger partial charge in [0.2, 0.25) is 5.91 Å². The van der Waals surface area contributed by atoms with Crippen molar-refractivity contribution in [1.82, 2.24) is 5.32 Å². The second-order valence-electron chi connectivity index (χ2n) is 23.3. The number of ether oxygens (including phenoxy) is 1. The van der Waals surface area contributed by atoms with E-state index >= 15 is 0 Å². The molecule has 0 aromatic rings. The zero-order valence-electron chi connectivity index (χ0n) is 51.5. The van der Waals surface area contributed by atoms with Gasteiger partial charge in [0.1, 0.15) is 19.3 Å². The summed E-state index contributed by atoms with van der Waals surface area (Å²) in [5.74, 6) is -0.512. The van der Waals surface area contributed by atoms with Crippen LogP contribution in [0.1, 0.15) is 303 Å². The summed E-state index contributed by atoms with van der Waals surface area (Å²) in [6.07, 6.45) is 72.3. The lowest BCUT2D eigenvalue weighted by molar-refractivity contribution is -0.870. The van der Waals surface area contributed by atoms with Crippen molar-refractivity contribution in [2.45, 2.75) is 315 Å². The molecular formula is C67H126N2O7P+. The number of nitrogens with one attached hydrogen (secondary N) is 1. The van der Waals surface area contributed by atoms with Crippen LogP contribution in [0.4, 0.5) is 0 Å². The van der Waals surface area contributed by atoms with Crippen molar-refractivity contribution in [2.24, 2.45) is 0 Å². The van der Waals surface area contributed by atoms with E-state index in [1.807, 2.05) is 33.3 Å². The number of nitrogens with zero attached hydrogens (tertiary/aromatic N) is 1. The highest BCUT2D eigenvalue weighted by atomic mass is 31.2. The van der Waals surface area contributed by atoms with Gasteiger partial charge in [0.05, 0.1) is 33.8 Å². The van der Waals surface area contributed by atoms with Crippen LogP contribution >= 0.6 is 7.82 Å². The highest BCUT2D eigenvalue weighted by molar-refractivity contribution is 7.47. The van der Waals surface area contributed by atoms with E-state index in [4.69, 9.17) is 13.8 Å². The molecule has 0 aromatic heterocycles. The van der Waals surface area contributed by atoms with Gasteiger partial charge < -0.3 is 19.4 Å². The number of amides is 1. The molecule has 0 aliphatic rings. The molecule has 3 atom stereocenters. The summed E-state index contributed by atoms with van der Waals surface area (Å²) in [6.45, 7) is 6.89. The molecule has 0 fully saturated rings. The van der Waals surface area contributed by atoms with E-state index in [-0.39, 0.29) is 31.5 Å². The Morgan fingerprint density at radius 2 is 0.844 bits per heavy atom. The number of allylic oxidation sites excluding steroid dienone is 9. The second-order valence-corrected chi connectivity index (χ2v) is 24.8. The number of likely N-dealkylation sites (N-methyl/N-ethyl adjacent to an activating group) is 1. The topological polar surface area (TPSA) is 111 Å². The number of hydrogen-bond acceptors (Lipinski definition) is 6. The molecule has 0 spiro atoms. The second kappa shape index (κ2) is 57.0. The van der Waals surface area contributed by atoms with Crippen molar-refractivity contribution in [1.29, 1.82) is 0 Å². The standard InChI is InChI=1S/C67H125N2O7P/c1-7-10-13-16-19-22-25-27-29-30-31-32-33-34-35-36-37-38-40-42-45-48-51-54-57-60-67(71)76-65(58-55-52-49-46-43-24-21-18-15-12-9-3)64(63-75-77(72,73)74-62-61-69(4,5)6)68-66(70)59-56-53-50-47-44-41-39-28-26-23-20-17-14-11-8-2/h11,14,17,20,23,26-27,29,55,58,64-65H,7-10,12-13,15-16,18-19,21-22,24-25,28,30-54,56-57,59-63H2,1-6H3,(H-,68,70,72,73)/p+1/b14-11+,20-17+,26-23+,29-27+,58-55-. The zero-order valence-corrected chi connectivity index (χ0v) is 52.3. The summed E-state index contributed by atoms with van der Waals surface area (Å²) in [4.78, 5) is 37.7. The first-order valence-corrected chi connectivity index (χ1v) is 34.1. The third kappa shape index (κ3) is 58.2. The van der Waals surface area contributed by atoms with Gasteiger partial charge in [-0.05, 0) is 76.7 Å². The van der Waals surface area contributed by atoms with E-state index in [0.29, 0.717) is 17.4 Å². The average molecular weight is 1100 g/mol. The SMILES string of the molecule is CC/C=C/C=C/C=C/CCCCCCCCCC(=O)NC(COP(=O)(O)OCC[N+](C)(C)C)C(/C=C\CCCCCCCCCCC)OC(=O)CCCCCCCCCCCCCCCCC/C=C/CCCCCCCC. The minimum Gasteiger partial charge on any atom is -0.456 e. The summed E-state index contributed by atoms with van der Waals surface area (Å²) in [6, 6.07) is -0.854. The van der Waals surface area contributed by atoms with Crippen LogP contribution in [-0.2, 0) is 27.9 Å². The molecule has 0 heterocycles. The Bertz CT molecular complexity index is 1500. The van der Waals surface area contributed by atoms with Crippen molar-refractivity contribution in [2.75, 3.05) is 40.9 Å². The van der Waals surface area contributed by atoms with E-state index in [1.54, 1.807) is 0 Å². The number of hydrogen-bond donors (Lipinski definition) is 2. The molecule has 0 aliphatic heterocycles. The number of phosphoric ester groups is 1. The van der Waals surface area contributed by atoms with Crippen molar-refractivity contribution < 1.29 is 37.3 Å². The quantitative estimate of drug-likeness (QED) is 0.0156. The van der Waals surface area contributed by atoms with E-state index < -0.39 is 20.0 Å². The van der Waals surface area contributed by atoms with E-state index in [1.165, 1.54) is 193 Å². The zero-order chi connectivity index (χ0) is 56.4. The predicted octanol–water partition coefficient (Wildman–Crippen LogP) is 20.2. The number of rotatable bonds is 59. The lowest BCUT2D eigenvalue weighted by Gasteiger charge is -2.27. The molecule has 77 heavy (non-hydrogen) atoms. The number of carbonyl (C=O) groups excluding carboxylic acids is 2. The van der Waals surface area contributed by atoms with Crippen LogP contribution < -0.4 is 5.32 Å². The number of carbonyl (C=O) groups is 2. The maximum atomic E-state index is 13.5. The minimum absolute atomic E-state index is 0.0372. The van der Waals surface area contributed by atoms with Crippen LogP contribution in [0.5, 0.6) is 0 Å². The minimum atomic E-state index is -4.45. The molecule has 0 aromatic carbocycles. The summed E-state index contributed by atoms with van der Waals surface area (Å²) >= 11 is 0. The molecule has 2 N–H and O–H groups in total. The summed E-state index contributed by atoms with van der Waals surface area (Å²) < 4.78 is 30.7. The van der Waals surface area contributed by atoms with Gasteiger partial charge in [0, 0.05) is 12.8 Å². The molecule has 0 aliphatic carbocycles. The van der Waals surface area contributed by atoms with Gasteiger partial charge in [-0.3, -0.25) is 18.6 Å². The summed E-state index contributed by atoms with van der Waals surface area (Å²) in [5, 5.41) is 3.05. The van der Waals surface area contributed by atoms with Gasteiger partial charge in [-0.2, -0.15) is 0 Å². The van der Waals surface area contributed by atoms with Crippen LogP contribution in [0.25, 0.3) is 0 Å². The number of phosphoric acid groups is 1. The maximum Gasteiger partial charge on any atom is 0.472 e. The fraction of sp³-hybridized carbons (Fsp3) is 0.821. The molecule has 0 rings (SSSR count). The normalized spacial score (nSPS) is 14.0. The lowest BCUT2D eigenvalue weighted by atomic mass is 10.0. The average Bonchev–Trinajstić information content (AvgIpc) is 3.39. The Labute approximate surface area is 477 Å². The molecule has 0 saturated carbocycles. The van der Waals surface area contributed by atoms with E-state index in [9.17, 15) is 19.0 Å². The molecule has 450 valence electrons. The Morgan fingerprint density at radius 3 is 1.27 bits per heavy atom. The Balaban J connectivity index is 5.05. The Kier molecular flexibility index (Phi) is 55.3. The summed E-state index contributed by atoms with van der Waals surface area (Å²) in [7, 11) is 1.49. The molecule has 1 amide bonds. The van der Waals surface area contributed by atoms with Crippen molar-refractivity contribution in [3.8, 4) is 0 Å². The van der Waals surface area contributed by atoms with Crippen LogP contribution in [0.2, 0.25) is 0 Å². The molecule has 9 nitrogen and oxygen atoms in total. The molecule has 3 unspecified atom stereocenters. The fourth-order valence-electron chi connectivity index (χ4n) is 9.47. The highest BCUT2D eigenvalue weighted by Gasteiger charge is 2.30. The number of quaternary nitrogens is 1. The van der Waals surface area contributed by atoms with Crippen LogP contribution in [0.3, 0.4) is 0 Å². The van der Waals surface area contributed by atoms with Gasteiger partial charge >= 0.3 is 13.8 Å². The van der Waals surface area contributed by atoms with Crippen LogP contribution in [0.15, 0.2) is 60.8 Å². The van der Waals surface area contributed by atoms with E-state index in [0.717, 1.165) is 77.0 Å². The maximum absolute atomic E-state index is 13.5. The number of unbranched alkanes of at least 4 members (excludes halogenated alkanes) is 37. The first kappa shape index (κ1) is 74.7. The smallest absolute Gasteiger partial charge is 0.456 e.